The maximum Gasteiger partial charge on any atom is 0.253 e. The standard InChI is InChI=1S/C35H32FN3O2S/c1-23-8-9-24(2)27(18-23)20-38-21-34(30-6-4-5-7-32(30)38)42-22-35(40)39-33(26-10-14-28(36)15-11-26)19-31(37-39)25-12-16-29(41-3)17-13-25/h4-18,21,33H,19-20,22H2,1-3H3/t33-/m0/s1. The lowest BCUT2D eigenvalue weighted by Gasteiger charge is -2.22. The van der Waals surface area contributed by atoms with Crippen molar-refractivity contribution in [3.05, 3.63) is 131 Å². The summed E-state index contributed by atoms with van der Waals surface area (Å²) in [6.07, 6.45) is 2.70. The summed E-state index contributed by atoms with van der Waals surface area (Å²) in [5, 5.41) is 7.50. The smallest absolute Gasteiger partial charge is 0.253 e. The number of nitrogens with zero attached hydrogens (tertiary/aromatic N) is 3. The molecule has 6 rings (SSSR count). The molecule has 0 saturated carbocycles. The third-order valence-corrected chi connectivity index (χ3v) is 8.82. The number of hydrazone groups is 1. The van der Waals surface area contributed by atoms with Crippen molar-refractivity contribution in [2.75, 3.05) is 12.9 Å². The number of aromatic nitrogens is 1. The van der Waals surface area contributed by atoms with E-state index in [-0.39, 0.29) is 23.5 Å². The van der Waals surface area contributed by atoms with Crippen LogP contribution in [-0.4, -0.2) is 34.1 Å². The summed E-state index contributed by atoms with van der Waals surface area (Å²) in [7, 11) is 1.63. The van der Waals surface area contributed by atoms with Gasteiger partial charge in [0.25, 0.3) is 5.91 Å². The maximum absolute atomic E-state index is 13.8. The van der Waals surface area contributed by atoms with Gasteiger partial charge >= 0.3 is 0 Å². The van der Waals surface area contributed by atoms with E-state index in [2.05, 4.69) is 61.0 Å². The first-order valence-electron chi connectivity index (χ1n) is 14.0. The van der Waals surface area contributed by atoms with E-state index in [1.807, 2.05) is 30.3 Å². The molecular formula is C35H32FN3O2S. The first-order chi connectivity index (χ1) is 20.4. The van der Waals surface area contributed by atoms with Gasteiger partial charge in [-0.2, -0.15) is 5.10 Å². The Bertz CT molecular complexity index is 1780. The second kappa shape index (κ2) is 11.9. The van der Waals surface area contributed by atoms with E-state index in [0.29, 0.717) is 6.42 Å². The predicted molar refractivity (Wildman–Crippen MR) is 168 cm³/mol. The van der Waals surface area contributed by atoms with Crippen molar-refractivity contribution in [3.63, 3.8) is 0 Å². The van der Waals surface area contributed by atoms with Gasteiger partial charge in [0.2, 0.25) is 0 Å². The fraction of sp³-hybridized carbons (Fsp3) is 0.200. The van der Waals surface area contributed by atoms with E-state index in [9.17, 15) is 9.18 Å². The molecule has 1 amide bonds. The highest BCUT2D eigenvalue weighted by atomic mass is 32.2. The van der Waals surface area contributed by atoms with Crippen LogP contribution in [0.15, 0.2) is 107 Å². The molecule has 1 aliphatic rings. The van der Waals surface area contributed by atoms with Gasteiger partial charge in [0.15, 0.2) is 0 Å². The van der Waals surface area contributed by atoms with E-state index in [0.717, 1.165) is 44.9 Å². The molecule has 42 heavy (non-hydrogen) atoms. The quantitative estimate of drug-likeness (QED) is 0.176. The van der Waals surface area contributed by atoms with Gasteiger partial charge in [-0.25, -0.2) is 9.40 Å². The SMILES string of the molecule is COc1ccc(C2=NN(C(=O)CSc3cn(Cc4cc(C)ccc4C)c4ccccc34)[C@H](c3ccc(F)cc3)C2)cc1. The average Bonchev–Trinajstić information content (AvgIpc) is 3.61. The highest BCUT2D eigenvalue weighted by molar-refractivity contribution is 8.00. The molecule has 4 aromatic carbocycles. The van der Waals surface area contributed by atoms with E-state index >= 15 is 0 Å². The molecule has 5 aromatic rings. The number of halogens is 1. The maximum atomic E-state index is 13.8. The molecule has 0 spiro atoms. The lowest BCUT2D eigenvalue weighted by atomic mass is 9.98. The molecule has 212 valence electrons. The van der Waals surface area contributed by atoms with Crippen molar-refractivity contribution in [1.82, 2.24) is 9.58 Å². The predicted octanol–water partition coefficient (Wildman–Crippen LogP) is 7.92. The van der Waals surface area contributed by atoms with Gasteiger partial charge in [-0.05, 0) is 78.6 Å². The Balaban J connectivity index is 1.26. The number of hydrogen-bond donors (Lipinski definition) is 0. The largest absolute Gasteiger partial charge is 0.497 e. The lowest BCUT2D eigenvalue weighted by Crippen LogP contribution is -2.28. The fourth-order valence-electron chi connectivity index (χ4n) is 5.46. The minimum absolute atomic E-state index is 0.0933. The molecule has 5 nitrogen and oxygen atoms in total. The van der Waals surface area contributed by atoms with Gasteiger partial charge in [-0.1, -0.05) is 54.1 Å². The lowest BCUT2D eigenvalue weighted by molar-refractivity contribution is -0.130. The minimum Gasteiger partial charge on any atom is -0.497 e. The number of amides is 1. The number of aryl methyl sites for hydroxylation is 2. The van der Waals surface area contributed by atoms with Gasteiger partial charge < -0.3 is 9.30 Å². The summed E-state index contributed by atoms with van der Waals surface area (Å²) in [6.45, 7) is 5.02. The van der Waals surface area contributed by atoms with Crippen molar-refractivity contribution in [2.45, 2.75) is 37.8 Å². The zero-order valence-corrected chi connectivity index (χ0v) is 24.7. The number of benzene rings is 4. The number of hydrogen-bond acceptors (Lipinski definition) is 4. The number of carbonyl (C=O) groups excluding carboxylic acids is 1. The highest BCUT2D eigenvalue weighted by Gasteiger charge is 2.33. The van der Waals surface area contributed by atoms with Crippen molar-refractivity contribution >= 4 is 34.3 Å². The number of fused-ring (bicyclic) bond motifs is 1. The van der Waals surface area contributed by atoms with Gasteiger partial charge in [-0.15, -0.1) is 11.8 Å². The second-order valence-corrected chi connectivity index (χ2v) is 11.7. The zero-order valence-electron chi connectivity index (χ0n) is 23.9. The Morgan fingerprint density at radius 1 is 1.00 bits per heavy atom. The number of carbonyl (C=O) groups is 1. The summed E-state index contributed by atoms with van der Waals surface area (Å²) in [6, 6.07) is 28.6. The molecule has 1 aliphatic heterocycles. The molecule has 0 fully saturated rings. The molecule has 2 heterocycles. The summed E-state index contributed by atoms with van der Waals surface area (Å²) in [5.74, 6) is 0.589. The molecule has 0 radical (unpaired) electrons. The van der Waals surface area contributed by atoms with Crippen LogP contribution >= 0.6 is 11.8 Å². The Kier molecular flexibility index (Phi) is 7.85. The van der Waals surface area contributed by atoms with E-state index < -0.39 is 0 Å². The first-order valence-corrected chi connectivity index (χ1v) is 14.9. The molecule has 0 saturated heterocycles. The van der Waals surface area contributed by atoms with Crippen molar-refractivity contribution < 1.29 is 13.9 Å². The van der Waals surface area contributed by atoms with E-state index in [1.54, 1.807) is 24.3 Å². The van der Waals surface area contributed by atoms with E-state index in [4.69, 9.17) is 9.84 Å². The number of rotatable bonds is 8. The van der Waals surface area contributed by atoms with Crippen LogP contribution in [0.25, 0.3) is 10.9 Å². The van der Waals surface area contributed by atoms with Crippen LogP contribution < -0.4 is 4.74 Å². The van der Waals surface area contributed by atoms with E-state index in [1.165, 1.54) is 40.6 Å². The third kappa shape index (κ3) is 5.70. The molecule has 0 aliphatic carbocycles. The fourth-order valence-corrected chi connectivity index (χ4v) is 6.40. The highest BCUT2D eigenvalue weighted by Crippen LogP contribution is 2.36. The zero-order chi connectivity index (χ0) is 29.2. The number of thioether (sulfide) groups is 1. The second-order valence-electron chi connectivity index (χ2n) is 10.6. The van der Waals surface area contributed by atoms with Crippen LogP contribution in [-0.2, 0) is 11.3 Å². The Morgan fingerprint density at radius 3 is 2.52 bits per heavy atom. The summed E-state index contributed by atoms with van der Waals surface area (Å²) >= 11 is 1.53. The Morgan fingerprint density at radius 2 is 1.76 bits per heavy atom. The first kappa shape index (κ1) is 27.8. The Hall–Kier alpha value is -4.36. The monoisotopic (exact) mass is 577 g/mol. The van der Waals surface area contributed by atoms with Crippen molar-refractivity contribution in [2.24, 2.45) is 5.10 Å². The van der Waals surface area contributed by atoms with Crippen molar-refractivity contribution in [3.8, 4) is 5.75 Å². The van der Waals surface area contributed by atoms with Gasteiger partial charge in [0, 0.05) is 35.0 Å². The molecule has 7 heteroatoms. The third-order valence-electron chi connectivity index (χ3n) is 7.79. The topological polar surface area (TPSA) is 46.8 Å². The Labute approximate surface area is 249 Å². The number of methoxy groups -OCH3 is 1. The van der Waals surface area contributed by atoms with Crippen LogP contribution in [0.5, 0.6) is 5.75 Å². The van der Waals surface area contributed by atoms with Crippen LogP contribution in [0.4, 0.5) is 4.39 Å². The summed E-state index contributed by atoms with van der Waals surface area (Å²) in [4.78, 5) is 14.8. The van der Waals surface area contributed by atoms with Crippen LogP contribution in [0.2, 0.25) is 0 Å². The molecule has 1 atom stereocenters. The number of ether oxygens (including phenoxy) is 1. The van der Waals surface area contributed by atoms with Gasteiger partial charge in [0.1, 0.15) is 11.6 Å². The summed E-state index contributed by atoms with van der Waals surface area (Å²) in [5.41, 5.74) is 7.52. The molecule has 0 N–H and O–H groups in total. The normalized spacial score (nSPS) is 14.8. The molecule has 1 aromatic heterocycles. The number of para-hydroxylation sites is 1. The molecule has 0 bridgehead atoms. The minimum atomic E-state index is -0.307. The molecular weight excluding hydrogens is 545 g/mol. The average molecular weight is 578 g/mol. The van der Waals surface area contributed by atoms with Crippen LogP contribution in [0.1, 0.15) is 40.3 Å². The van der Waals surface area contributed by atoms with Crippen LogP contribution in [0, 0.1) is 19.7 Å². The van der Waals surface area contributed by atoms with Gasteiger partial charge in [-0.3, -0.25) is 4.79 Å². The van der Waals surface area contributed by atoms with Gasteiger partial charge in [0.05, 0.1) is 24.6 Å². The van der Waals surface area contributed by atoms with Crippen LogP contribution in [0.3, 0.4) is 0 Å². The van der Waals surface area contributed by atoms with Crippen molar-refractivity contribution in [1.29, 1.82) is 0 Å². The molecule has 0 unspecified atom stereocenters. The summed E-state index contributed by atoms with van der Waals surface area (Å²) < 4.78 is 21.3.